The van der Waals surface area contributed by atoms with Gasteiger partial charge >= 0.3 is 0 Å². The first-order valence-corrected chi connectivity index (χ1v) is 9.79. The number of hydrogen-bond acceptors (Lipinski definition) is 4. The van der Waals surface area contributed by atoms with Crippen molar-refractivity contribution in [1.82, 2.24) is 4.72 Å². The molecule has 0 spiro atoms. The molecule has 6 heteroatoms. The quantitative estimate of drug-likeness (QED) is 0.668. The van der Waals surface area contributed by atoms with Crippen molar-refractivity contribution in [3.05, 3.63) is 72.3 Å². The monoisotopic (exact) mass is 371 g/mol. The van der Waals surface area contributed by atoms with E-state index in [2.05, 4.69) is 4.72 Å². The zero-order valence-corrected chi connectivity index (χ0v) is 15.2. The number of benzene rings is 3. The average molecular weight is 371 g/mol. The van der Waals surface area contributed by atoms with Gasteiger partial charge in [0.1, 0.15) is 5.75 Å². The van der Waals surface area contributed by atoms with Crippen LogP contribution < -0.4 is 9.46 Å². The van der Waals surface area contributed by atoms with Crippen molar-refractivity contribution in [3.63, 3.8) is 0 Å². The van der Waals surface area contributed by atoms with Crippen molar-refractivity contribution in [2.24, 2.45) is 0 Å². The molecule has 0 saturated carbocycles. The fourth-order valence-electron chi connectivity index (χ4n) is 2.86. The van der Waals surface area contributed by atoms with E-state index in [0.717, 1.165) is 16.3 Å². The lowest BCUT2D eigenvalue weighted by molar-refractivity contribution is 0.170. The van der Waals surface area contributed by atoms with E-state index in [-0.39, 0.29) is 17.9 Å². The lowest BCUT2D eigenvalue weighted by Crippen LogP contribution is -2.26. The molecular formula is C20H21NO4S. The van der Waals surface area contributed by atoms with E-state index in [0.29, 0.717) is 5.75 Å². The highest BCUT2D eigenvalue weighted by Crippen LogP contribution is 2.26. The number of rotatable bonds is 7. The van der Waals surface area contributed by atoms with E-state index in [9.17, 15) is 13.5 Å². The summed E-state index contributed by atoms with van der Waals surface area (Å²) in [5.74, 6) is 0.593. The van der Waals surface area contributed by atoms with Crippen molar-refractivity contribution in [1.29, 1.82) is 0 Å². The summed E-state index contributed by atoms with van der Waals surface area (Å²) in [5, 5.41) is 12.5. The molecule has 0 amide bonds. The molecule has 0 radical (unpaired) electrons. The average Bonchev–Trinajstić information content (AvgIpc) is 2.67. The minimum Gasteiger partial charge on any atom is -0.497 e. The molecule has 136 valence electrons. The Morgan fingerprint density at radius 2 is 1.69 bits per heavy atom. The highest BCUT2D eigenvalue weighted by molar-refractivity contribution is 7.89. The Hall–Kier alpha value is -2.41. The number of ether oxygens (including phenoxy) is 1. The molecule has 0 fully saturated rings. The van der Waals surface area contributed by atoms with Crippen LogP contribution in [0, 0.1) is 0 Å². The maximum Gasteiger partial charge on any atom is 0.240 e. The molecule has 3 rings (SSSR count). The van der Waals surface area contributed by atoms with Gasteiger partial charge in [0.25, 0.3) is 0 Å². The van der Waals surface area contributed by atoms with E-state index < -0.39 is 16.1 Å². The SMILES string of the molecule is COc1ccc(S(=O)(=O)NCCC(O)c2cccc3ccccc23)cc1. The van der Waals surface area contributed by atoms with Gasteiger partial charge in [-0.2, -0.15) is 0 Å². The Kier molecular flexibility index (Phi) is 5.56. The predicted octanol–water partition coefficient (Wildman–Crippen LogP) is 3.25. The number of fused-ring (bicyclic) bond motifs is 1. The largest absolute Gasteiger partial charge is 0.497 e. The number of aliphatic hydroxyl groups is 1. The summed E-state index contributed by atoms with van der Waals surface area (Å²) in [6.07, 6.45) is -0.469. The van der Waals surface area contributed by atoms with Crippen molar-refractivity contribution >= 4 is 20.8 Å². The van der Waals surface area contributed by atoms with Gasteiger partial charge in [-0.15, -0.1) is 0 Å². The Morgan fingerprint density at radius 3 is 2.42 bits per heavy atom. The third-order valence-corrected chi connectivity index (χ3v) is 5.74. The molecular weight excluding hydrogens is 350 g/mol. The summed E-state index contributed by atoms with van der Waals surface area (Å²) in [4.78, 5) is 0.165. The van der Waals surface area contributed by atoms with E-state index in [1.807, 2.05) is 42.5 Å². The molecule has 26 heavy (non-hydrogen) atoms. The smallest absolute Gasteiger partial charge is 0.240 e. The zero-order chi connectivity index (χ0) is 18.6. The molecule has 3 aromatic rings. The van der Waals surface area contributed by atoms with Gasteiger partial charge in [-0.05, 0) is 47.0 Å². The van der Waals surface area contributed by atoms with Crippen LogP contribution in [0.1, 0.15) is 18.1 Å². The molecule has 0 bridgehead atoms. The molecule has 0 aliphatic rings. The summed E-state index contributed by atoms with van der Waals surface area (Å²) in [6.45, 7) is 0.138. The normalized spacial score (nSPS) is 12.8. The number of sulfonamides is 1. The second-order valence-electron chi connectivity index (χ2n) is 5.95. The summed E-state index contributed by atoms with van der Waals surface area (Å²) < 4.78 is 32.2. The summed E-state index contributed by atoms with van der Waals surface area (Å²) >= 11 is 0. The van der Waals surface area contributed by atoms with Gasteiger partial charge in [0.05, 0.1) is 18.1 Å². The summed E-state index contributed by atoms with van der Waals surface area (Å²) in [6, 6.07) is 19.7. The van der Waals surface area contributed by atoms with Crippen LogP contribution in [0.2, 0.25) is 0 Å². The molecule has 0 aliphatic carbocycles. The molecule has 0 saturated heterocycles. The number of methoxy groups -OCH3 is 1. The minimum atomic E-state index is -3.62. The molecule has 1 atom stereocenters. The maximum atomic E-state index is 12.3. The Bertz CT molecular complexity index is 979. The topological polar surface area (TPSA) is 75.6 Å². The Morgan fingerprint density at radius 1 is 1.00 bits per heavy atom. The van der Waals surface area contributed by atoms with Crippen molar-refractivity contribution in [2.45, 2.75) is 17.4 Å². The summed E-state index contributed by atoms with van der Waals surface area (Å²) in [7, 11) is -2.10. The first kappa shape index (κ1) is 18.4. The molecule has 0 aromatic heterocycles. The second-order valence-corrected chi connectivity index (χ2v) is 7.71. The molecule has 0 aliphatic heterocycles. The minimum absolute atomic E-state index is 0.138. The van der Waals surface area contributed by atoms with E-state index in [1.165, 1.54) is 19.2 Å². The van der Waals surface area contributed by atoms with E-state index in [1.54, 1.807) is 12.1 Å². The Labute approximate surface area is 153 Å². The van der Waals surface area contributed by atoms with Crippen LogP contribution >= 0.6 is 0 Å². The number of nitrogens with one attached hydrogen (secondary N) is 1. The van der Waals surface area contributed by atoms with Crippen molar-refractivity contribution in [3.8, 4) is 5.75 Å². The van der Waals surface area contributed by atoms with Crippen LogP contribution in [0.4, 0.5) is 0 Å². The van der Waals surface area contributed by atoms with Crippen molar-refractivity contribution in [2.75, 3.05) is 13.7 Å². The van der Waals surface area contributed by atoms with E-state index in [4.69, 9.17) is 4.74 Å². The maximum absolute atomic E-state index is 12.3. The van der Waals surface area contributed by atoms with Crippen molar-refractivity contribution < 1.29 is 18.3 Å². The lowest BCUT2D eigenvalue weighted by Gasteiger charge is -2.14. The Balaban J connectivity index is 1.66. The van der Waals surface area contributed by atoms with Crippen LogP contribution in [0.5, 0.6) is 5.75 Å². The predicted molar refractivity (Wildman–Crippen MR) is 102 cm³/mol. The lowest BCUT2D eigenvalue weighted by atomic mass is 9.99. The first-order chi connectivity index (χ1) is 12.5. The van der Waals surface area contributed by atoms with Gasteiger partial charge in [-0.1, -0.05) is 42.5 Å². The van der Waals surface area contributed by atoms with Crippen LogP contribution in [0.3, 0.4) is 0 Å². The molecule has 1 unspecified atom stereocenters. The molecule has 5 nitrogen and oxygen atoms in total. The second kappa shape index (κ2) is 7.86. The molecule has 2 N–H and O–H groups in total. The molecule has 0 heterocycles. The van der Waals surface area contributed by atoms with Gasteiger partial charge < -0.3 is 9.84 Å². The van der Waals surface area contributed by atoms with Gasteiger partial charge in [0, 0.05) is 6.54 Å². The van der Waals surface area contributed by atoms with E-state index >= 15 is 0 Å². The number of hydrogen-bond donors (Lipinski definition) is 2. The van der Waals surface area contributed by atoms with Gasteiger partial charge in [0.2, 0.25) is 10.0 Å². The molecule has 3 aromatic carbocycles. The summed E-state index contributed by atoms with van der Waals surface area (Å²) in [5.41, 5.74) is 0.798. The number of aliphatic hydroxyl groups excluding tert-OH is 1. The van der Waals surface area contributed by atoms with Crippen LogP contribution in [0.25, 0.3) is 10.8 Å². The van der Waals surface area contributed by atoms with Crippen LogP contribution in [-0.4, -0.2) is 27.2 Å². The zero-order valence-electron chi connectivity index (χ0n) is 14.4. The van der Waals surface area contributed by atoms with Gasteiger partial charge in [-0.25, -0.2) is 13.1 Å². The van der Waals surface area contributed by atoms with Crippen LogP contribution in [-0.2, 0) is 10.0 Å². The van der Waals surface area contributed by atoms with Gasteiger partial charge in [-0.3, -0.25) is 0 Å². The fourth-order valence-corrected chi connectivity index (χ4v) is 3.91. The standard InChI is InChI=1S/C20H21NO4S/c1-25-16-9-11-17(12-10-16)26(23,24)21-14-13-20(22)19-8-4-6-15-5-2-3-7-18(15)19/h2-12,20-22H,13-14H2,1H3. The van der Waals surface area contributed by atoms with Crippen LogP contribution in [0.15, 0.2) is 71.6 Å². The third-order valence-electron chi connectivity index (χ3n) is 4.26. The highest BCUT2D eigenvalue weighted by atomic mass is 32.2. The third kappa shape index (κ3) is 4.04. The first-order valence-electron chi connectivity index (χ1n) is 8.31. The highest BCUT2D eigenvalue weighted by Gasteiger charge is 2.16. The fraction of sp³-hybridized carbons (Fsp3) is 0.200. The van der Waals surface area contributed by atoms with Gasteiger partial charge in [0.15, 0.2) is 0 Å².